The normalized spacial score (nSPS) is 43.0. The zero-order valence-electron chi connectivity index (χ0n) is 3.03. The molecule has 2 atom stereocenters. The summed E-state index contributed by atoms with van der Waals surface area (Å²) in [6.45, 7) is 0. The van der Waals surface area contributed by atoms with Gasteiger partial charge in [-0.1, -0.05) is 27.5 Å². The van der Waals surface area contributed by atoms with Crippen molar-refractivity contribution in [2.24, 2.45) is 0 Å². The van der Waals surface area contributed by atoms with E-state index in [4.69, 9.17) is 16.3 Å². The van der Waals surface area contributed by atoms with Crippen LogP contribution in [-0.4, -0.2) is 17.0 Å². The first-order chi connectivity index (χ1) is 2.84. The number of epoxide rings is 1. The molecule has 0 aromatic rings. The Bertz CT molecular complexity index is 56.8. The zero-order chi connectivity index (χ0) is 4.57. The summed E-state index contributed by atoms with van der Waals surface area (Å²) < 4.78 is 4.78. The van der Waals surface area contributed by atoms with Gasteiger partial charge in [-0.05, 0) is 0 Å². The monoisotopic (exact) mass is 170 g/mol. The highest BCUT2D eigenvalue weighted by Crippen LogP contribution is 2.26. The van der Waals surface area contributed by atoms with E-state index in [1.54, 1.807) is 0 Å². The fraction of sp³-hybridized carbons (Fsp3) is 1.00. The Hall–Kier alpha value is 0.730. The van der Waals surface area contributed by atoms with Crippen LogP contribution in [0.4, 0.5) is 0 Å². The lowest BCUT2D eigenvalue weighted by Crippen LogP contribution is -1.84. The molecule has 1 aliphatic rings. The van der Waals surface area contributed by atoms with Crippen LogP contribution in [0.3, 0.4) is 0 Å². The topological polar surface area (TPSA) is 12.5 Å². The molecule has 36 valence electrons. The predicted molar refractivity (Wildman–Crippen MR) is 28.3 cm³/mol. The third-order valence-corrected chi connectivity index (χ3v) is 1.69. The highest BCUT2D eigenvalue weighted by molar-refractivity contribution is 9.09. The fourth-order valence-electron chi connectivity index (χ4n) is 0.228. The molecular formula is C3H4BrClO. The van der Waals surface area contributed by atoms with Gasteiger partial charge in [-0.15, -0.1) is 0 Å². The standard InChI is InChI=1S/C3H4BrClO/c4-1-2-3(5)6-2/h2-3H,1H2/t2-,3-/m0/s1. The molecule has 6 heavy (non-hydrogen) atoms. The van der Waals surface area contributed by atoms with Crippen LogP contribution in [0, 0.1) is 0 Å². The van der Waals surface area contributed by atoms with Gasteiger partial charge in [0.1, 0.15) is 6.10 Å². The second-order valence-electron chi connectivity index (χ2n) is 1.18. The van der Waals surface area contributed by atoms with E-state index in [1.807, 2.05) is 0 Å². The van der Waals surface area contributed by atoms with E-state index in [-0.39, 0.29) is 11.7 Å². The van der Waals surface area contributed by atoms with Crippen molar-refractivity contribution < 1.29 is 4.74 Å². The SMILES string of the molecule is Cl[C@H]1O[C@H]1CBr. The zero-order valence-corrected chi connectivity index (χ0v) is 5.37. The molecule has 1 nitrogen and oxygen atoms in total. The van der Waals surface area contributed by atoms with Crippen LogP contribution in [0.15, 0.2) is 0 Å². The number of ether oxygens (including phenoxy) is 1. The second kappa shape index (κ2) is 1.68. The van der Waals surface area contributed by atoms with E-state index in [0.29, 0.717) is 0 Å². The third-order valence-electron chi connectivity index (χ3n) is 0.673. The van der Waals surface area contributed by atoms with Crippen molar-refractivity contribution in [3.05, 3.63) is 0 Å². The van der Waals surface area contributed by atoms with E-state index in [0.717, 1.165) is 5.33 Å². The molecule has 1 fully saturated rings. The average Bonchev–Trinajstić information content (AvgIpc) is 2.19. The van der Waals surface area contributed by atoms with Crippen LogP contribution < -0.4 is 0 Å². The van der Waals surface area contributed by atoms with Gasteiger partial charge < -0.3 is 4.74 Å². The lowest BCUT2D eigenvalue weighted by molar-refractivity contribution is 0.415. The summed E-state index contributed by atoms with van der Waals surface area (Å²) in [5.41, 5.74) is -0.00984. The van der Waals surface area contributed by atoms with E-state index in [2.05, 4.69) is 15.9 Å². The molecule has 1 aliphatic heterocycles. The van der Waals surface area contributed by atoms with Gasteiger partial charge in [0.25, 0.3) is 0 Å². The van der Waals surface area contributed by atoms with Gasteiger partial charge in [-0.2, -0.15) is 0 Å². The molecule has 0 amide bonds. The van der Waals surface area contributed by atoms with Crippen molar-refractivity contribution in [3.63, 3.8) is 0 Å². The highest BCUT2D eigenvalue weighted by Gasteiger charge is 2.35. The van der Waals surface area contributed by atoms with Crippen molar-refractivity contribution in [2.75, 3.05) is 5.33 Å². The molecule has 0 aromatic carbocycles. The molecule has 0 N–H and O–H groups in total. The minimum atomic E-state index is -0.00984. The molecule has 0 saturated carbocycles. The average molecular weight is 171 g/mol. The number of hydrogen-bond acceptors (Lipinski definition) is 1. The molecule has 0 unspecified atom stereocenters. The van der Waals surface area contributed by atoms with Crippen LogP contribution in [0.1, 0.15) is 0 Å². The smallest absolute Gasteiger partial charge is 0.158 e. The first kappa shape index (κ1) is 4.88. The van der Waals surface area contributed by atoms with Gasteiger partial charge >= 0.3 is 0 Å². The number of alkyl halides is 2. The predicted octanol–water partition coefficient (Wildman–Crippen LogP) is 1.34. The minimum absolute atomic E-state index is 0.00984. The molecular weight excluding hydrogens is 167 g/mol. The van der Waals surface area contributed by atoms with Crippen molar-refractivity contribution >= 4 is 27.5 Å². The van der Waals surface area contributed by atoms with Crippen LogP contribution in [-0.2, 0) is 4.74 Å². The molecule has 1 heterocycles. The maximum Gasteiger partial charge on any atom is 0.158 e. The van der Waals surface area contributed by atoms with E-state index in [9.17, 15) is 0 Å². The molecule has 0 spiro atoms. The van der Waals surface area contributed by atoms with Crippen molar-refractivity contribution in [1.29, 1.82) is 0 Å². The van der Waals surface area contributed by atoms with Gasteiger partial charge in [0.2, 0.25) is 0 Å². The maximum atomic E-state index is 5.40. The van der Waals surface area contributed by atoms with E-state index >= 15 is 0 Å². The Balaban J connectivity index is 2.09. The molecule has 0 bridgehead atoms. The van der Waals surface area contributed by atoms with Crippen LogP contribution in [0.2, 0.25) is 0 Å². The largest absolute Gasteiger partial charge is 0.352 e. The summed E-state index contributed by atoms with van der Waals surface area (Å²) in [5.74, 6) is 0. The Morgan fingerprint density at radius 3 is 2.33 bits per heavy atom. The molecule has 3 heteroatoms. The van der Waals surface area contributed by atoms with Gasteiger partial charge in [0.05, 0.1) is 0 Å². The number of hydrogen-bond donors (Lipinski definition) is 0. The number of rotatable bonds is 1. The van der Waals surface area contributed by atoms with Crippen LogP contribution >= 0.6 is 27.5 Å². The first-order valence-electron chi connectivity index (χ1n) is 1.70. The van der Waals surface area contributed by atoms with Gasteiger partial charge in [0, 0.05) is 5.33 Å². The van der Waals surface area contributed by atoms with Crippen molar-refractivity contribution in [2.45, 2.75) is 11.7 Å². The molecule has 1 saturated heterocycles. The molecule has 0 aromatic heterocycles. The van der Waals surface area contributed by atoms with Crippen molar-refractivity contribution in [3.8, 4) is 0 Å². The molecule has 0 aliphatic carbocycles. The van der Waals surface area contributed by atoms with Crippen LogP contribution in [0.25, 0.3) is 0 Å². The Morgan fingerprint density at radius 2 is 2.33 bits per heavy atom. The van der Waals surface area contributed by atoms with Crippen LogP contribution in [0.5, 0.6) is 0 Å². The van der Waals surface area contributed by atoms with E-state index in [1.165, 1.54) is 0 Å². The van der Waals surface area contributed by atoms with Gasteiger partial charge in [0.15, 0.2) is 5.56 Å². The van der Waals surface area contributed by atoms with E-state index < -0.39 is 0 Å². The van der Waals surface area contributed by atoms with Gasteiger partial charge in [-0.25, -0.2) is 0 Å². The summed E-state index contributed by atoms with van der Waals surface area (Å²) in [5, 5.41) is 0.862. The maximum absolute atomic E-state index is 5.40. The Labute approximate surface area is 49.7 Å². The summed E-state index contributed by atoms with van der Waals surface area (Å²) in [7, 11) is 0. The first-order valence-corrected chi connectivity index (χ1v) is 3.26. The number of halogens is 2. The van der Waals surface area contributed by atoms with Gasteiger partial charge in [-0.3, -0.25) is 0 Å². The Kier molecular flexibility index (Phi) is 1.37. The highest BCUT2D eigenvalue weighted by atomic mass is 79.9. The lowest BCUT2D eigenvalue weighted by Gasteiger charge is -1.69. The summed E-state index contributed by atoms with van der Waals surface area (Å²) in [6, 6.07) is 0. The lowest BCUT2D eigenvalue weighted by atomic mass is 10.6. The second-order valence-corrected chi connectivity index (χ2v) is 2.26. The Morgan fingerprint density at radius 1 is 1.83 bits per heavy atom. The summed E-state index contributed by atoms with van der Waals surface area (Å²) in [6.07, 6.45) is 0.284. The molecule has 0 radical (unpaired) electrons. The fourth-order valence-corrected chi connectivity index (χ4v) is 1.16. The summed E-state index contributed by atoms with van der Waals surface area (Å²) >= 11 is 8.61. The molecule has 1 rings (SSSR count). The summed E-state index contributed by atoms with van der Waals surface area (Å²) in [4.78, 5) is 0. The quantitative estimate of drug-likeness (QED) is 0.428. The third kappa shape index (κ3) is 0.863. The van der Waals surface area contributed by atoms with Crippen molar-refractivity contribution in [1.82, 2.24) is 0 Å². The minimum Gasteiger partial charge on any atom is -0.352 e.